The van der Waals surface area contributed by atoms with E-state index in [1.54, 1.807) is 12.1 Å². The summed E-state index contributed by atoms with van der Waals surface area (Å²) in [5.41, 5.74) is 4.26. The van der Waals surface area contributed by atoms with Crippen LogP contribution in [0.3, 0.4) is 0 Å². The Hall–Kier alpha value is -1.29. The first-order valence-electron chi connectivity index (χ1n) is 7.69. The number of hydrogen-bond acceptors (Lipinski definition) is 2. The highest BCUT2D eigenvalue weighted by Gasteiger charge is 2.34. The Bertz CT molecular complexity index is 678. The minimum atomic E-state index is -0.138. The molecule has 4 rings (SSSR count). The zero-order chi connectivity index (χ0) is 14.2. The zero-order valence-electron chi connectivity index (χ0n) is 12.7. The van der Waals surface area contributed by atoms with Gasteiger partial charge in [-0.3, -0.25) is 0 Å². The molecule has 2 aliphatic heterocycles. The summed E-state index contributed by atoms with van der Waals surface area (Å²) in [6.45, 7) is 2.09. The van der Waals surface area contributed by atoms with Gasteiger partial charge in [-0.15, -0.1) is 24.8 Å². The first kappa shape index (κ1) is 18.1. The second kappa shape index (κ2) is 7.52. The van der Waals surface area contributed by atoms with Crippen LogP contribution in [-0.4, -0.2) is 19.1 Å². The minimum Gasteiger partial charge on any atom is -0.381 e. The predicted octanol–water partition coefficient (Wildman–Crippen LogP) is 4.60. The number of halogens is 3. The van der Waals surface area contributed by atoms with Gasteiger partial charge in [0.1, 0.15) is 5.82 Å². The van der Waals surface area contributed by atoms with Gasteiger partial charge in [-0.25, -0.2) is 4.39 Å². The van der Waals surface area contributed by atoms with Gasteiger partial charge in [-0.1, -0.05) is 30.3 Å². The summed E-state index contributed by atoms with van der Waals surface area (Å²) in [5.74, 6) is 0.340. The van der Waals surface area contributed by atoms with E-state index < -0.39 is 0 Å². The lowest BCUT2D eigenvalue weighted by molar-refractivity contribution is 0.578. The fraction of sp³-hybridized carbons (Fsp3) is 0.333. The number of rotatable bonds is 1. The maximum Gasteiger partial charge on any atom is 0.131 e. The molecular formula is C18H21Cl2FN2. The highest BCUT2D eigenvalue weighted by atomic mass is 35.5. The van der Waals surface area contributed by atoms with Crippen LogP contribution in [0.2, 0.25) is 0 Å². The zero-order valence-corrected chi connectivity index (χ0v) is 14.4. The highest BCUT2D eigenvalue weighted by molar-refractivity contribution is 5.85. The largest absolute Gasteiger partial charge is 0.381 e. The van der Waals surface area contributed by atoms with Crippen LogP contribution in [0.4, 0.5) is 10.1 Å². The lowest BCUT2D eigenvalue weighted by atomic mass is 9.86. The molecule has 124 valence electrons. The molecule has 1 saturated heterocycles. The van der Waals surface area contributed by atoms with Crippen molar-refractivity contribution in [2.75, 3.05) is 18.4 Å². The van der Waals surface area contributed by atoms with Gasteiger partial charge in [0.25, 0.3) is 0 Å². The molecule has 0 spiro atoms. The molecule has 2 aromatic carbocycles. The normalized spacial score (nSPS) is 21.8. The Balaban J connectivity index is 0.000000960. The fourth-order valence-electron chi connectivity index (χ4n) is 3.77. The standard InChI is InChI=1S/C18H19FN2.2ClH/c19-15-6-2-1-4-12(15)13-5-3-7-17-18(13)14-8-10-20-11-9-16(14)21-17;;/h1-7,14,16,20-21H,8-11H2;2*1H/t14-,16?;;/m0../s1. The van der Waals surface area contributed by atoms with E-state index in [1.165, 1.54) is 11.3 Å². The number of nitrogens with one attached hydrogen (secondary N) is 2. The van der Waals surface area contributed by atoms with Crippen LogP contribution in [0.5, 0.6) is 0 Å². The molecule has 0 radical (unpaired) electrons. The van der Waals surface area contributed by atoms with Crippen molar-refractivity contribution in [2.45, 2.75) is 24.8 Å². The van der Waals surface area contributed by atoms with E-state index in [2.05, 4.69) is 22.8 Å². The number of fused-ring (bicyclic) bond motifs is 3. The van der Waals surface area contributed by atoms with Gasteiger partial charge in [0, 0.05) is 23.2 Å². The Morgan fingerprint density at radius 3 is 2.43 bits per heavy atom. The van der Waals surface area contributed by atoms with Crippen molar-refractivity contribution in [3.63, 3.8) is 0 Å². The third kappa shape index (κ3) is 3.18. The molecule has 2 aromatic rings. The second-order valence-electron chi connectivity index (χ2n) is 5.93. The molecule has 0 aromatic heterocycles. The Morgan fingerprint density at radius 1 is 0.870 bits per heavy atom. The number of anilines is 1. The van der Waals surface area contributed by atoms with Crippen molar-refractivity contribution in [3.8, 4) is 11.1 Å². The topological polar surface area (TPSA) is 24.1 Å². The average Bonchev–Trinajstić information content (AvgIpc) is 2.70. The van der Waals surface area contributed by atoms with Crippen LogP contribution in [0, 0.1) is 5.82 Å². The van der Waals surface area contributed by atoms with E-state index in [9.17, 15) is 4.39 Å². The molecule has 0 bridgehead atoms. The summed E-state index contributed by atoms with van der Waals surface area (Å²) in [6.07, 6.45) is 2.23. The lowest BCUT2D eigenvalue weighted by Gasteiger charge is -2.18. The first-order valence-corrected chi connectivity index (χ1v) is 7.69. The van der Waals surface area contributed by atoms with E-state index in [-0.39, 0.29) is 30.6 Å². The van der Waals surface area contributed by atoms with E-state index in [4.69, 9.17) is 0 Å². The number of hydrogen-bond donors (Lipinski definition) is 2. The van der Waals surface area contributed by atoms with Gasteiger partial charge in [0.2, 0.25) is 0 Å². The molecule has 2 aliphatic rings. The smallest absolute Gasteiger partial charge is 0.131 e. The Kier molecular flexibility index (Phi) is 5.90. The molecule has 0 aliphatic carbocycles. The predicted molar refractivity (Wildman–Crippen MR) is 98.6 cm³/mol. The summed E-state index contributed by atoms with van der Waals surface area (Å²) in [4.78, 5) is 0. The highest BCUT2D eigenvalue weighted by Crippen LogP contribution is 2.45. The van der Waals surface area contributed by atoms with Gasteiger partial charge in [0.05, 0.1) is 0 Å². The van der Waals surface area contributed by atoms with Crippen LogP contribution in [0.15, 0.2) is 42.5 Å². The molecule has 2 heterocycles. The van der Waals surface area contributed by atoms with Gasteiger partial charge >= 0.3 is 0 Å². The summed E-state index contributed by atoms with van der Waals surface area (Å²) < 4.78 is 14.2. The maximum absolute atomic E-state index is 14.2. The molecule has 0 saturated carbocycles. The van der Waals surface area contributed by atoms with Crippen molar-refractivity contribution in [1.82, 2.24) is 5.32 Å². The van der Waals surface area contributed by atoms with Gasteiger partial charge in [-0.05, 0) is 49.2 Å². The Labute approximate surface area is 148 Å². The number of benzene rings is 2. The lowest BCUT2D eigenvalue weighted by Crippen LogP contribution is -2.21. The molecule has 5 heteroatoms. The molecule has 2 N–H and O–H groups in total. The van der Waals surface area contributed by atoms with Crippen molar-refractivity contribution >= 4 is 30.5 Å². The Morgan fingerprint density at radius 2 is 1.61 bits per heavy atom. The van der Waals surface area contributed by atoms with Crippen LogP contribution < -0.4 is 10.6 Å². The quantitative estimate of drug-likeness (QED) is 0.781. The van der Waals surface area contributed by atoms with Crippen molar-refractivity contribution in [3.05, 3.63) is 53.8 Å². The molecule has 1 fully saturated rings. The van der Waals surface area contributed by atoms with Gasteiger partial charge in [-0.2, -0.15) is 0 Å². The second-order valence-corrected chi connectivity index (χ2v) is 5.93. The molecule has 23 heavy (non-hydrogen) atoms. The van der Waals surface area contributed by atoms with Crippen LogP contribution in [-0.2, 0) is 0 Å². The van der Waals surface area contributed by atoms with Gasteiger partial charge in [0.15, 0.2) is 0 Å². The fourth-order valence-corrected chi connectivity index (χ4v) is 3.77. The van der Waals surface area contributed by atoms with E-state index >= 15 is 0 Å². The maximum atomic E-state index is 14.2. The van der Waals surface area contributed by atoms with Crippen LogP contribution >= 0.6 is 24.8 Å². The van der Waals surface area contributed by atoms with Crippen molar-refractivity contribution in [2.24, 2.45) is 0 Å². The third-order valence-corrected chi connectivity index (χ3v) is 4.73. The van der Waals surface area contributed by atoms with Crippen LogP contribution in [0.25, 0.3) is 11.1 Å². The summed E-state index contributed by atoms with van der Waals surface area (Å²) >= 11 is 0. The molecule has 0 amide bonds. The summed E-state index contributed by atoms with van der Waals surface area (Å²) in [6, 6.07) is 13.8. The van der Waals surface area contributed by atoms with Crippen molar-refractivity contribution in [1.29, 1.82) is 0 Å². The minimum absolute atomic E-state index is 0. The SMILES string of the molecule is Cl.Cl.Fc1ccccc1-c1cccc2c1[C@H]1CCNCCC1N2. The van der Waals surface area contributed by atoms with E-state index in [1.807, 2.05) is 18.2 Å². The van der Waals surface area contributed by atoms with E-state index in [0.29, 0.717) is 17.5 Å². The monoisotopic (exact) mass is 354 g/mol. The summed E-state index contributed by atoms with van der Waals surface area (Å²) in [7, 11) is 0. The van der Waals surface area contributed by atoms with Gasteiger partial charge < -0.3 is 10.6 Å². The summed E-state index contributed by atoms with van der Waals surface area (Å²) in [5, 5.41) is 7.11. The average molecular weight is 355 g/mol. The molecule has 2 nitrogen and oxygen atoms in total. The molecular weight excluding hydrogens is 334 g/mol. The van der Waals surface area contributed by atoms with Crippen LogP contribution in [0.1, 0.15) is 24.3 Å². The third-order valence-electron chi connectivity index (χ3n) is 4.73. The first-order chi connectivity index (χ1) is 10.3. The van der Waals surface area contributed by atoms with Crippen molar-refractivity contribution < 1.29 is 4.39 Å². The van der Waals surface area contributed by atoms with E-state index in [0.717, 1.165) is 31.5 Å². The molecule has 2 atom stereocenters. The molecule has 1 unspecified atom stereocenters.